The number of nitrogens with zero attached hydrogens (tertiary/aromatic N) is 2. The van der Waals surface area contributed by atoms with Gasteiger partial charge in [-0.05, 0) is 48.2 Å². The second-order valence-electron chi connectivity index (χ2n) is 6.40. The Morgan fingerprint density at radius 3 is 2.69 bits per heavy atom. The van der Waals surface area contributed by atoms with Crippen LogP contribution >= 0.6 is 0 Å². The maximum atomic E-state index is 12.9. The highest BCUT2D eigenvalue weighted by molar-refractivity contribution is 7.92. The Hall–Kier alpha value is -2.60. The smallest absolute Gasteiger partial charge is 0.236 e. The minimum atomic E-state index is -3.41. The number of ether oxygens (including phenoxy) is 1. The second-order valence-corrected chi connectivity index (χ2v) is 8.42. The topological polar surface area (TPSA) is 59.5 Å². The molecule has 2 heterocycles. The number of aryl methyl sites for hydroxylation is 1. The summed E-state index contributed by atoms with van der Waals surface area (Å²) in [6, 6.07) is 17.3. The van der Waals surface area contributed by atoms with Crippen molar-refractivity contribution < 1.29 is 13.2 Å². The van der Waals surface area contributed by atoms with Crippen LogP contribution < -0.4 is 9.04 Å². The third kappa shape index (κ3) is 3.12. The first-order chi connectivity index (χ1) is 12.6. The Bertz CT molecular complexity index is 1050. The number of hydrogen-bond acceptors (Lipinski definition) is 4. The standard InChI is InChI=1S/C20H20N2O3S/c1-25-18-7-8-19-17(14-18)13-16-9-11-22(20(16)21-19)26(23,24)12-10-15-5-3-2-4-6-15/h2-8,13-14H,9-12H2,1H3. The average Bonchev–Trinajstić information content (AvgIpc) is 3.08. The van der Waals surface area contributed by atoms with Crippen molar-refractivity contribution in [1.82, 2.24) is 4.98 Å². The lowest BCUT2D eigenvalue weighted by Crippen LogP contribution is -2.32. The fourth-order valence-electron chi connectivity index (χ4n) is 3.32. The quantitative estimate of drug-likeness (QED) is 0.694. The number of aromatic nitrogens is 1. The van der Waals surface area contributed by atoms with Crippen LogP contribution in [0.15, 0.2) is 54.6 Å². The summed E-state index contributed by atoms with van der Waals surface area (Å²) in [5.74, 6) is 1.42. The SMILES string of the molecule is COc1ccc2nc3c(cc2c1)CCN3S(=O)(=O)CCc1ccccc1. The van der Waals surface area contributed by atoms with Crippen LogP contribution in [0.1, 0.15) is 11.1 Å². The van der Waals surface area contributed by atoms with E-state index in [0.717, 1.165) is 27.8 Å². The monoisotopic (exact) mass is 368 g/mol. The highest BCUT2D eigenvalue weighted by Crippen LogP contribution is 2.32. The molecule has 0 atom stereocenters. The molecule has 1 aliphatic rings. The summed E-state index contributed by atoms with van der Waals surface area (Å²) in [5, 5.41) is 0.964. The Balaban J connectivity index is 1.63. The molecule has 0 amide bonds. The van der Waals surface area contributed by atoms with E-state index >= 15 is 0 Å². The molecule has 1 aromatic heterocycles. The lowest BCUT2D eigenvalue weighted by molar-refractivity contribution is 0.415. The zero-order valence-corrected chi connectivity index (χ0v) is 15.4. The number of rotatable bonds is 5. The van der Waals surface area contributed by atoms with Crippen molar-refractivity contribution in [3.63, 3.8) is 0 Å². The third-order valence-corrected chi connectivity index (χ3v) is 6.47. The molecule has 134 valence electrons. The summed E-state index contributed by atoms with van der Waals surface area (Å²) in [6.45, 7) is 0.451. The van der Waals surface area contributed by atoms with E-state index < -0.39 is 10.0 Å². The molecule has 0 spiro atoms. The summed E-state index contributed by atoms with van der Waals surface area (Å²) in [6.07, 6.45) is 1.18. The molecule has 2 aromatic carbocycles. The van der Waals surface area contributed by atoms with Gasteiger partial charge in [0.1, 0.15) is 11.6 Å². The number of sulfonamides is 1. The van der Waals surface area contributed by atoms with Gasteiger partial charge in [-0.3, -0.25) is 4.31 Å². The zero-order chi connectivity index (χ0) is 18.1. The van der Waals surface area contributed by atoms with Gasteiger partial charge in [0.2, 0.25) is 10.0 Å². The molecule has 0 saturated heterocycles. The van der Waals surface area contributed by atoms with E-state index in [1.54, 1.807) is 7.11 Å². The van der Waals surface area contributed by atoms with E-state index in [1.807, 2.05) is 54.6 Å². The summed E-state index contributed by atoms with van der Waals surface area (Å²) < 4.78 is 32.5. The number of benzene rings is 2. The Labute approximate surface area is 153 Å². The number of fused-ring (bicyclic) bond motifs is 2. The van der Waals surface area contributed by atoms with Crippen molar-refractivity contribution in [1.29, 1.82) is 0 Å². The molecule has 3 aromatic rings. The van der Waals surface area contributed by atoms with Crippen molar-refractivity contribution in [2.45, 2.75) is 12.8 Å². The van der Waals surface area contributed by atoms with E-state index in [2.05, 4.69) is 4.98 Å². The highest BCUT2D eigenvalue weighted by atomic mass is 32.2. The van der Waals surface area contributed by atoms with Gasteiger partial charge >= 0.3 is 0 Å². The van der Waals surface area contributed by atoms with Gasteiger partial charge < -0.3 is 4.74 Å². The molecule has 0 saturated carbocycles. The third-order valence-electron chi connectivity index (χ3n) is 4.73. The molecule has 4 rings (SSSR count). The van der Waals surface area contributed by atoms with E-state index in [1.165, 1.54) is 4.31 Å². The van der Waals surface area contributed by atoms with Crippen LogP contribution in [0, 0.1) is 0 Å². The van der Waals surface area contributed by atoms with E-state index in [4.69, 9.17) is 4.74 Å². The Morgan fingerprint density at radius 2 is 1.92 bits per heavy atom. The maximum absolute atomic E-state index is 12.9. The van der Waals surface area contributed by atoms with Crippen LogP contribution in [-0.4, -0.2) is 32.8 Å². The minimum absolute atomic E-state index is 0.0821. The van der Waals surface area contributed by atoms with Gasteiger partial charge in [-0.25, -0.2) is 13.4 Å². The molecular weight excluding hydrogens is 348 g/mol. The first kappa shape index (κ1) is 16.8. The first-order valence-electron chi connectivity index (χ1n) is 8.59. The number of methoxy groups -OCH3 is 1. The lowest BCUT2D eigenvalue weighted by atomic mass is 10.1. The Kier molecular flexibility index (Phi) is 4.28. The van der Waals surface area contributed by atoms with Gasteiger partial charge in [-0.15, -0.1) is 0 Å². The largest absolute Gasteiger partial charge is 0.497 e. The predicted octanol–water partition coefficient (Wildman–Crippen LogP) is 3.18. The minimum Gasteiger partial charge on any atom is -0.497 e. The number of pyridine rings is 1. The molecule has 0 N–H and O–H groups in total. The van der Waals surface area contributed by atoms with Crippen LogP contribution in [0.3, 0.4) is 0 Å². The molecular formula is C20H20N2O3S. The highest BCUT2D eigenvalue weighted by Gasteiger charge is 2.30. The maximum Gasteiger partial charge on any atom is 0.236 e. The van der Waals surface area contributed by atoms with Crippen LogP contribution in [0.4, 0.5) is 5.82 Å². The zero-order valence-electron chi connectivity index (χ0n) is 14.6. The van der Waals surface area contributed by atoms with Gasteiger partial charge in [-0.2, -0.15) is 0 Å². The van der Waals surface area contributed by atoms with Crippen LogP contribution in [0.25, 0.3) is 10.9 Å². The predicted molar refractivity (Wildman–Crippen MR) is 103 cm³/mol. The Morgan fingerprint density at radius 1 is 1.12 bits per heavy atom. The molecule has 0 aliphatic carbocycles. The molecule has 5 nitrogen and oxygen atoms in total. The number of anilines is 1. The summed E-state index contributed by atoms with van der Waals surface area (Å²) in [4.78, 5) is 4.63. The molecule has 0 bridgehead atoms. The van der Waals surface area contributed by atoms with Crippen molar-refractivity contribution in [3.8, 4) is 5.75 Å². The fraction of sp³-hybridized carbons (Fsp3) is 0.250. The van der Waals surface area contributed by atoms with Crippen LogP contribution in [0.2, 0.25) is 0 Å². The normalized spacial score (nSPS) is 13.8. The van der Waals surface area contributed by atoms with Gasteiger partial charge in [0.25, 0.3) is 0 Å². The first-order valence-corrected chi connectivity index (χ1v) is 10.2. The van der Waals surface area contributed by atoms with Crippen LogP contribution in [0.5, 0.6) is 5.75 Å². The molecule has 0 radical (unpaired) electrons. The average molecular weight is 368 g/mol. The van der Waals surface area contributed by atoms with Crippen molar-refractivity contribution in [3.05, 3.63) is 65.7 Å². The summed E-state index contributed by atoms with van der Waals surface area (Å²) in [7, 11) is -1.78. The lowest BCUT2D eigenvalue weighted by Gasteiger charge is -2.19. The van der Waals surface area contributed by atoms with Gasteiger partial charge in [0.15, 0.2) is 0 Å². The number of hydrogen-bond donors (Lipinski definition) is 0. The van der Waals surface area contributed by atoms with E-state index in [-0.39, 0.29) is 5.75 Å². The van der Waals surface area contributed by atoms with Gasteiger partial charge in [0, 0.05) is 11.9 Å². The molecule has 0 unspecified atom stereocenters. The van der Waals surface area contributed by atoms with E-state index in [0.29, 0.717) is 25.2 Å². The van der Waals surface area contributed by atoms with Crippen molar-refractivity contribution in [2.24, 2.45) is 0 Å². The van der Waals surface area contributed by atoms with Crippen molar-refractivity contribution >= 4 is 26.7 Å². The van der Waals surface area contributed by atoms with Crippen molar-refractivity contribution in [2.75, 3.05) is 23.7 Å². The summed E-state index contributed by atoms with van der Waals surface area (Å²) >= 11 is 0. The molecule has 26 heavy (non-hydrogen) atoms. The second kappa shape index (κ2) is 6.61. The van der Waals surface area contributed by atoms with Crippen LogP contribution in [-0.2, 0) is 22.9 Å². The molecule has 0 fully saturated rings. The van der Waals surface area contributed by atoms with Gasteiger partial charge in [-0.1, -0.05) is 30.3 Å². The molecule has 1 aliphatic heterocycles. The fourth-order valence-corrected chi connectivity index (χ4v) is 4.82. The summed E-state index contributed by atoms with van der Waals surface area (Å²) in [5.41, 5.74) is 2.76. The van der Waals surface area contributed by atoms with E-state index in [9.17, 15) is 8.42 Å². The molecule has 6 heteroatoms. The van der Waals surface area contributed by atoms with Gasteiger partial charge in [0.05, 0.1) is 18.4 Å².